The summed E-state index contributed by atoms with van der Waals surface area (Å²) in [5.41, 5.74) is 2.62. The number of ether oxygens (including phenoxy) is 3. The number of cyclic esters (lactones) is 1. The number of carbonyl (C=O) groups excluding carboxylic acids is 2. The van der Waals surface area contributed by atoms with Crippen LogP contribution in [0.15, 0.2) is 83.6 Å². The van der Waals surface area contributed by atoms with Gasteiger partial charge in [0.2, 0.25) is 5.89 Å². The van der Waals surface area contributed by atoms with Crippen LogP contribution in [0.5, 0.6) is 11.5 Å². The number of oxazole rings is 1. The quantitative estimate of drug-likeness (QED) is 0.180. The van der Waals surface area contributed by atoms with Crippen molar-refractivity contribution in [1.29, 1.82) is 0 Å². The number of aryl methyl sites for hydroxylation is 1. The van der Waals surface area contributed by atoms with Gasteiger partial charge in [-0.2, -0.15) is 0 Å². The molecule has 2 aliphatic rings. The van der Waals surface area contributed by atoms with Gasteiger partial charge >= 0.3 is 6.09 Å². The number of piperazine rings is 1. The summed E-state index contributed by atoms with van der Waals surface area (Å²) in [4.78, 5) is 40.4. The molecule has 11 heteroatoms. The van der Waals surface area contributed by atoms with Crippen LogP contribution in [0.2, 0.25) is 0 Å². The Labute approximate surface area is 274 Å². The number of carbonyl (C=O) groups is 2. The summed E-state index contributed by atoms with van der Waals surface area (Å²) in [5.74, 6) is 2.33. The smallest absolute Gasteiger partial charge is 0.417 e. The van der Waals surface area contributed by atoms with Gasteiger partial charge in [-0.3, -0.25) is 9.69 Å². The predicted molar refractivity (Wildman–Crippen MR) is 177 cm³/mol. The molecule has 2 aromatic carbocycles. The number of aromatic nitrogens is 2. The zero-order valence-corrected chi connectivity index (χ0v) is 26.5. The fourth-order valence-electron chi connectivity index (χ4n) is 5.71. The molecule has 6 rings (SSSR count). The van der Waals surface area contributed by atoms with E-state index in [2.05, 4.69) is 19.8 Å². The van der Waals surface area contributed by atoms with Crippen LogP contribution in [0.1, 0.15) is 35.6 Å². The van der Waals surface area contributed by atoms with Crippen molar-refractivity contribution in [2.45, 2.75) is 32.0 Å². The molecule has 0 bridgehead atoms. The second kappa shape index (κ2) is 15.4. The normalized spacial score (nSPS) is 17.0. The lowest BCUT2D eigenvalue weighted by Gasteiger charge is -2.35. The lowest BCUT2D eigenvalue weighted by molar-refractivity contribution is -0.129. The zero-order valence-electron chi connectivity index (χ0n) is 26.5. The topological polar surface area (TPSA) is 110 Å². The van der Waals surface area contributed by atoms with Crippen LogP contribution in [0.4, 0.5) is 10.6 Å². The highest BCUT2D eigenvalue weighted by Gasteiger charge is 2.39. The van der Waals surface area contributed by atoms with Gasteiger partial charge in [0.1, 0.15) is 24.4 Å². The number of rotatable bonds is 14. The van der Waals surface area contributed by atoms with Gasteiger partial charge < -0.3 is 23.5 Å². The van der Waals surface area contributed by atoms with Gasteiger partial charge in [-0.25, -0.2) is 19.7 Å². The third-order valence-corrected chi connectivity index (χ3v) is 8.29. The number of nitrogens with zero attached hydrogens (tertiary/aromatic N) is 5. The minimum atomic E-state index is -0.798. The predicted octanol–water partition coefficient (Wildman–Crippen LogP) is 5.32. The Morgan fingerprint density at radius 1 is 0.936 bits per heavy atom. The second-order valence-corrected chi connectivity index (χ2v) is 11.5. The van der Waals surface area contributed by atoms with Crippen molar-refractivity contribution in [1.82, 2.24) is 19.8 Å². The summed E-state index contributed by atoms with van der Waals surface area (Å²) in [7, 11) is 1.58. The number of pyridine rings is 1. The van der Waals surface area contributed by atoms with Gasteiger partial charge in [0, 0.05) is 45.0 Å². The van der Waals surface area contributed by atoms with Gasteiger partial charge in [-0.05, 0) is 67.3 Å². The van der Waals surface area contributed by atoms with E-state index < -0.39 is 12.2 Å². The molecule has 4 heterocycles. The van der Waals surface area contributed by atoms with E-state index in [9.17, 15) is 9.59 Å². The number of benzene rings is 2. The fourth-order valence-corrected chi connectivity index (χ4v) is 5.71. The summed E-state index contributed by atoms with van der Waals surface area (Å²) in [6.07, 6.45) is 7.36. The third kappa shape index (κ3) is 8.36. The molecule has 2 aliphatic heterocycles. The van der Waals surface area contributed by atoms with Crippen molar-refractivity contribution in [3.8, 4) is 11.5 Å². The van der Waals surface area contributed by atoms with Gasteiger partial charge in [-0.1, -0.05) is 42.5 Å². The van der Waals surface area contributed by atoms with E-state index in [-0.39, 0.29) is 12.5 Å². The van der Waals surface area contributed by atoms with Crippen molar-refractivity contribution in [2.75, 3.05) is 51.3 Å². The Balaban J connectivity index is 0.951. The number of anilines is 1. The number of hydrogen-bond donors (Lipinski definition) is 0. The van der Waals surface area contributed by atoms with E-state index in [0.29, 0.717) is 48.9 Å². The molecule has 244 valence electrons. The van der Waals surface area contributed by atoms with Crippen molar-refractivity contribution in [3.05, 3.63) is 102 Å². The summed E-state index contributed by atoms with van der Waals surface area (Å²) in [5, 5.41) is 0. The average molecular weight is 638 g/mol. The number of imide groups is 1. The van der Waals surface area contributed by atoms with Crippen LogP contribution < -0.4 is 14.4 Å². The Morgan fingerprint density at radius 2 is 1.77 bits per heavy atom. The minimum absolute atomic E-state index is 0.191. The molecular formula is C36H39N5O6. The lowest BCUT2D eigenvalue weighted by Crippen LogP contribution is -2.47. The molecule has 47 heavy (non-hydrogen) atoms. The van der Waals surface area contributed by atoms with Crippen LogP contribution >= 0.6 is 0 Å². The van der Waals surface area contributed by atoms with Crippen molar-refractivity contribution in [3.63, 3.8) is 0 Å². The first-order valence-electron chi connectivity index (χ1n) is 15.9. The zero-order chi connectivity index (χ0) is 32.4. The number of hydrogen-bond acceptors (Lipinski definition) is 10. The first-order valence-corrected chi connectivity index (χ1v) is 15.9. The van der Waals surface area contributed by atoms with Crippen molar-refractivity contribution < 1.29 is 28.2 Å². The number of amides is 2. The van der Waals surface area contributed by atoms with Crippen LogP contribution in [0.3, 0.4) is 0 Å². The first-order chi connectivity index (χ1) is 23.1. The highest BCUT2D eigenvalue weighted by molar-refractivity contribution is 6.00. The lowest BCUT2D eigenvalue weighted by atomic mass is 10.1. The van der Waals surface area contributed by atoms with E-state index in [1.165, 1.54) is 4.90 Å². The Hall–Kier alpha value is -5.16. The standard InChI is InChI=1S/C36H39N5O6/c1-44-30-14-11-28(24-32(30)45-25-29-26-46-34(38-29)16-13-27-8-3-2-4-9-27)12-15-31-35(42)41(36(43)47-31)19-7-18-39-20-22-40(23-21-39)33-10-5-6-17-37-33/h2-6,8-11,13-14,16-17,24,26,31H,7,12,15,18-23,25H2,1H3/b16-13+. The van der Waals surface area contributed by atoms with Crippen molar-refractivity contribution >= 4 is 30.0 Å². The molecule has 0 radical (unpaired) electrons. The Bertz CT molecular complexity index is 1650. The third-order valence-electron chi connectivity index (χ3n) is 8.29. The molecule has 2 aromatic heterocycles. The molecule has 11 nitrogen and oxygen atoms in total. The highest BCUT2D eigenvalue weighted by atomic mass is 16.6. The molecule has 1 unspecified atom stereocenters. The largest absolute Gasteiger partial charge is 0.493 e. The highest BCUT2D eigenvalue weighted by Crippen LogP contribution is 2.30. The van der Waals surface area contributed by atoms with Crippen LogP contribution in [-0.4, -0.2) is 84.3 Å². The van der Waals surface area contributed by atoms with E-state index in [1.807, 2.05) is 85.1 Å². The van der Waals surface area contributed by atoms with E-state index >= 15 is 0 Å². The maximum absolute atomic E-state index is 13.1. The van der Waals surface area contributed by atoms with Crippen LogP contribution in [0.25, 0.3) is 12.2 Å². The van der Waals surface area contributed by atoms with E-state index in [1.54, 1.807) is 13.4 Å². The minimum Gasteiger partial charge on any atom is -0.493 e. The SMILES string of the molecule is COc1ccc(CCC2OC(=O)N(CCCN3CCN(c4ccccn4)CC3)C2=O)cc1OCc1coc(/C=C/c2ccccc2)n1. The maximum atomic E-state index is 13.1. The van der Waals surface area contributed by atoms with Crippen molar-refractivity contribution in [2.24, 2.45) is 0 Å². The average Bonchev–Trinajstić information content (AvgIpc) is 3.69. The Morgan fingerprint density at radius 3 is 2.55 bits per heavy atom. The van der Waals surface area contributed by atoms with Gasteiger partial charge in [-0.15, -0.1) is 0 Å². The second-order valence-electron chi connectivity index (χ2n) is 11.5. The maximum Gasteiger partial charge on any atom is 0.417 e. The molecule has 0 N–H and O–H groups in total. The summed E-state index contributed by atoms with van der Waals surface area (Å²) in [6, 6.07) is 21.5. The molecule has 2 fully saturated rings. The Kier molecular flexibility index (Phi) is 10.4. The molecule has 4 aromatic rings. The molecule has 0 aliphatic carbocycles. The molecule has 2 amide bonds. The molecule has 1 atom stereocenters. The van der Waals surface area contributed by atoms with Crippen LogP contribution in [-0.2, 0) is 22.6 Å². The molecule has 0 spiro atoms. The first kappa shape index (κ1) is 31.8. The monoisotopic (exact) mass is 637 g/mol. The molecular weight excluding hydrogens is 598 g/mol. The van der Waals surface area contributed by atoms with Crippen LogP contribution in [0, 0.1) is 0 Å². The van der Waals surface area contributed by atoms with Gasteiger partial charge in [0.05, 0.1) is 7.11 Å². The summed E-state index contributed by atoms with van der Waals surface area (Å²) in [6.45, 7) is 4.98. The summed E-state index contributed by atoms with van der Waals surface area (Å²) >= 11 is 0. The molecule has 0 saturated carbocycles. The van der Waals surface area contributed by atoms with Gasteiger partial charge in [0.25, 0.3) is 5.91 Å². The van der Waals surface area contributed by atoms with E-state index in [0.717, 1.165) is 49.7 Å². The molecule has 2 saturated heterocycles. The summed E-state index contributed by atoms with van der Waals surface area (Å²) < 4.78 is 22.6. The number of methoxy groups -OCH3 is 1. The van der Waals surface area contributed by atoms with Gasteiger partial charge in [0.15, 0.2) is 17.6 Å². The van der Waals surface area contributed by atoms with E-state index in [4.69, 9.17) is 18.6 Å². The fraction of sp³-hybridized carbons (Fsp3) is 0.333.